The molecule has 0 aliphatic carbocycles. The lowest BCUT2D eigenvalue weighted by Gasteiger charge is -1.97. The van der Waals surface area contributed by atoms with Gasteiger partial charge < -0.3 is 4.57 Å². The Hall–Kier alpha value is -1.38. The summed E-state index contributed by atoms with van der Waals surface area (Å²) in [6.07, 6.45) is 5.97. The first-order chi connectivity index (χ1) is 6.31. The summed E-state index contributed by atoms with van der Waals surface area (Å²) < 4.78 is 1.94. The van der Waals surface area contributed by atoms with E-state index in [0.29, 0.717) is 0 Å². The van der Waals surface area contributed by atoms with Crippen molar-refractivity contribution in [3.63, 3.8) is 0 Å². The second-order valence-corrected chi connectivity index (χ2v) is 3.29. The molecular weight excluding hydrogens is 162 g/mol. The average Bonchev–Trinajstić information content (AvgIpc) is 2.48. The largest absolute Gasteiger partial charge is 0.318 e. The Balaban J connectivity index is 2.50. The predicted octanol–water partition coefficient (Wildman–Crippen LogP) is 1.92. The molecule has 0 fully saturated rings. The van der Waals surface area contributed by atoms with Crippen molar-refractivity contribution >= 4 is 11.2 Å². The molecule has 0 spiro atoms. The van der Waals surface area contributed by atoms with Crippen molar-refractivity contribution in [2.24, 2.45) is 7.05 Å². The van der Waals surface area contributed by atoms with E-state index in [0.717, 1.165) is 24.0 Å². The lowest BCUT2D eigenvalue weighted by molar-refractivity contribution is 0.908. The molecule has 0 aliphatic heterocycles. The fourth-order valence-corrected chi connectivity index (χ4v) is 1.48. The molecule has 3 nitrogen and oxygen atoms in total. The molecule has 2 aromatic heterocycles. The molecule has 0 radical (unpaired) electrons. The van der Waals surface area contributed by atoms with Crippen LogP contribution in [0.5, 0.6) is 0 Å². The van der Waals surface area contributed by atoms with E-state index in [1.165, 1.54) is 5.56 Å². The molecule has 2 aromatic rings. The highest BCUT2D eigenvalue weighted by atomic mass is 15.1. The highest BCUT2D eigenvalue weighted by Gasteiger charge is 2.01. The molecule has 0 amide bonds. The third-order valence-electron chi connectivity index (χ3n) is 2.15. The van der Waals surface area contributed by atoms with Crippen LogP contribution in [0.1, 0.15) is 18.9 Å². The van der Waals surface area contributed by atoms with E-state index in [1.807, 2.05) is 17.8 Å². The number of hydrogen-bond donors (Lipinski definition) is 0. The zero-order valence-corrected chi connectivity index (χ0v) is 7.99. The lowest BCUT2D eigenvalue weighted by Crippen LogP contribution is -1.90. The number of pyridine rings is 1. The number of nitrogens with zero attached hydrogens (tertiary/aromatic N) is 3. The van der Waals surface area contributed by atoms with Crippen molar-refractivity contribution in [1.29, 1.82) is 0 Å². The van der Waals surface area contributed by atoms with Crippen LogP contribution >= 0.6 is 0 Å². The molecule has 0 saturated carbocycles. The van der Waals surface area contributed by atoms with Gasteiger partial charge in [-0.1, -0.05) is 13.3 Å². The van der Waals surface area contributed by atoms with Gasteiger partial charge in [-0.15, -0.1) is 0 Å². The first kappa shape index (κ1) is 8.23. The summed E-state index contributed by atoms with van der Waals surface area (Å²) in [6, 6.07) is 2.12. The van der Waals surface area contributed by atoms with Crippen LogP contribution in [0.4, 0.5) is 0 Å². The Morgan fingerprint density at radius 1 is 1.38 bits per heavy atom. The highest BCUT2D eigenvalue weighted by molar-refractivity contribution is 5.70. The maximum Gasteiger partial charge on any atom is 0.159 e. The van der Waals surface area contributed by atoms with E-state index in [-0.39, 0.29) is 0 Å². The number of hydrogen-bond acceptors (Lipinski definition) is 2. The molecule has 2 heterocycles. The number of rotatable bonds is 2. The molecule has 0 aromatic carbocycles. The van der Waals surface area contributed by atoms with Crippen LogP contribution in [-0.4, -0.2) is 14.5 Å². The maximum atomic E-state index is 4.36. The van der Waals surface area contributed by atoms with Crippen LogP contribution < -0.4 is 0 Å². The van der Waals surface area contributed by atoms with Gasteiger partial charge in [0.2, 0.25) is 0 Å². The summed E-state index contributed by atoms with van der Waals surface area (Å²) in [5.74, 6) is 0. The van der Waals surface area contributed by atoms with Gasteiger partial charge in [-0.25, -0.2) is 9.97 Å². The summed E-state index contributed by atoms with van der Waals surface area (Å²) in [4.78, 5) is 8.62. The summed E-state index contributed by atoms with van der Waals surface area (Å²) in [6.45, 7) is 2.17. The van der Waals surface area contributed by atoms with Crippen molar-refractivity contribution in [2.45, 2.75) is 19.8 Å². The zero-order chi connectivity index (χ0) is 9.26. The van der Waals surface area contributed by atoms with Crippen LogP contribution in [0, 0.1) is 0 Å². The van der Waals surface area contributed by atoms with Gasteiger partial charge in [-0.2, -0.15) is 0 Å². The Morgan fingerprint density at radius 2 is 2.23 bits per heavy atom. The maximum absolute atomic E-state index is 4.36. The molecule has 0 N–H and O–H groups in total. The average molecular weight is 175 g/mol. The van der Waals surface area contributed by atoms with E-state index in [1.54, 1.807) is 6.33 Å². The summed E-state index contributed by atoms with van der Waals surface area (Å²) in [5, 5.41) is 0. The monoisotopic (exact) mass is 175 g/mol. The van der Waals surface area contributed by atoms with Crippen molar-refractivity contribution in [3.8, 4) is 0 Å². The van der Waals surface area contributed by atoms with Gasteiger partial charge in [0.05, 0.1) is 6.33 Å². The van der Waals surface area contributed by atoms with E-state index in [4.69, 9.17) is 0 Å². The quantitative estimate of drug-likeness (QED) is 0.698. The SMILES string of the molecule is CCCc1cnc2c(c1)ncn2C. The van der Waals surface area contributed by atoms with Gasteiger partial charge in [0.15, 0.2) is 5.65 Å². The summed E-state index contributed by atoms with van der Waals surface area (Å²) in [5.41, 5.74) is 3.22. The van der Waals surface area contributed by atoms with Crippen LogP contribution in [0.25, 0.3) is 11.2 Å². The molecular formula is C10H13N3. The van der Waals surface area contributed by atoms with Crippen molar-refractivity contribution in [3.05, 3.63) is 24.2 Å². The van der Waals surface area contributed by atoms with E-state index in [9.17, 15) is 0 Å². The van der Waals surface area contributed by atoms with Gasteiger partial charge >= 0.3 is 0 Å². The smallest absolute Gasteiger partial charge is 0.159 e. The van der Waals surface area contributed by atoms with Gasteiger partial charge in [-0.05, 0) is 18.1 Å². The molecule has 2 rings (SSSR count). The Bertz CT molecular complexity index is 417. The molecule has 0 saturated heterocycles. The van der Waals surface area contributed by atoms with Crippen molar-refractivity contribution in [2.75, 3.05) is 0 Å². The number of imidazole rings is 1. The Labute approximate surface area is 77.4 Å². The minimum Gasteiger partial charge on any atom is -0.318 e. The molecule has 0 bridgehead atoms. The van der Waals surface area contributed by atoms with Gasteiger partial charge in [0, 0.05) is 13.2 Å². The summed E-state index contributed by atoms with van der Waals surface area (Å²) in [7, 11) is 1.96. The van der Waals surface area contributed by atoms with Crippen molar-refractivity contribution in [1.82, 2.24) is 14.5 Å². The second-order valence-electron chi connectivity index (χ2n) is 3.29. The fourth-order valence-electron chi connectivity index (χ4n) is 1.48. The second kappa shape index (κ2) is 3.17. The first-order valence-electron chi connectivity index (χ1n) is 4.57. The Morgan fingerprint density at radius 3 is 3.00 bits per heavy atom. The van der Waals surface area contributed by atoms with Crippen LogP contribution in [0.15, 0.2) is 18.6 Å². The molecule has 68 valence electrons. The fraction of sp³-hybridized carbons (Fsp3) is 0.400. The number of aryl methyl sites for hydroxylation is 2. The summed E-state index contributed by atoms with van der Waals surface area (Å²) >= 11 is 0. The minimum absolute atomic E-state index is 0.958. The van der Waals surface area contributed by atoms with E-state index >= 15 is 0 Å². The van der Waals surface area contributed by atoms with Crippen LogP contribution in [0.2, 0.25) is 0 Å². The lowest BCUT2D eigenvalue weighted by atomic mass is 10.2. The predicted molar refractivity (Wildman–Crippen MR) is 52.5 cm³/mol. The molecule has 13 heavy (non-hydrogen) atoms. The van der Waals surface area contributed by atoms with Crippen LogP contribution in [0.3, 0.4) is 0 Å². The zero-order valence-electron chi connectivity index (χ0n) is 7.99. The van der Waals surface area contributed by atoms with Crippen molar-refractivity contribution < 1.29 is 0 Å². The number of aromatic nitrogens is 3. The highest BCUT2D eigenvalue weighted by Crippen LogP contribution is 2.11. The molecule has 0 atom stereocenters. The number of fused-ring (bicyclic) bond motifs is 1. The normalized spacial score (nSPS) is 10.9. The third kappa shape index (κ3) is 1.41. The Kier molecular flexibility index (Phi) is 2.00. The first-order valence-corrected chi connectivity index (χ1v) is 4.57. The molecule has 3 heteroatoms. The standard InChI is InChI=1S/C10H13N3/c1-3-4-8-5-9-10(11-6-8)13(2)7-12-9/h5-7H,3-4H2,1-2H3. The van der Waals surface area contributed by atoms with E-state index < -0.39 is 0 Å². The van der Waals surface area contributed by atoms with Gasteiger partial charge in [-0.3, -0.25) is 0 Å². The van der Waals surface area contributed by atoms with E-state index in [2.05, 4.69) is 23.0 Å². The topological polar surface area (TPSA) is 30.7 Å². The van der Waals surface area contributed by atoms with Gasteiger partial charge in [0.1, 0.15) is 5.52 Å². The van der Waals surface area contributed by atoms with Gasteiger partial charge in [0.25, 0.3) is 0 Å². The molecule has 0 unspecified atom stereocenters. The molecule has 0 aliphatic rings. The minimum atomic E-state index is 0.958. The van der Waals surface area contributed by atoms with Crippen LogP contribution in [-0.2, 0) is 13.5 Å². The third-order valence-corrected chi connectivity index (χ3v) is 2.15.